The molecule has 0 spiro atoms. The Balaban J connectivity index is 1.98. The Bertz CT molecular complexity index is 585. The summed E-state index contributed by atoms with van der Waals surface area (Å²) in [6.07, 6.45) is 5.89. The van der Waals surface area contributed by atoms with Gasteiger partial charge in [-0.2, -0.15) is 0 Å². The van der Waals surface area contributed by atoms with Crippen LogP contribution in [0.2, 0.25) is 0 Å². The van der Waals surface area contributed by atoms with Gasteiger partial charge in [-0.25, -0.2) is 4.79 Å². The summed E-state index contributed by atoms with van der Waals surface area (Å²) in [5.74, 6) is 1.19. The number of amides is 3. The van der Waals surface area contributed by atoms with Crippen LogP contribution < -0.4 is 10.6 Å². The van der Waals surface area contributed by atoms with Crippen molar-refractivity contribution in [1.82, 2.24) is 15.4 Å². The molecule has 0 aromatic carbocycles. The van der Waals surface area contributed by atoms with Crippen molar-refractivity contribution in [3.63, 3.8) is 0 Å². The lowest BCUT2D eigenvalue weighted by molar-refractivity contribution is -0.117. The molecule has 3 amide bonds. The number of nitrogens with one attached hydrogen (secondary N) is 2. The van der Waals surface area contributed by atoms with Crippen molar-refractivity contribution in [1.29, 1.82) is 0 Å². The molecule has 7 heteroatoms. The predicted octanol–water partition coefficient (Wildman–Crippen LogP) is 3.31. The van der Waals surface area contributed by atoms with Gasteiger partial charge in [0.1, 0.15) is 12.3 Å². The highest BCUT2D eigenvalue weighted by Crippen LogP contribution is 2.24. The lowest BCUT2D eigenvalue weighted by atomic mass is 9.89. The fourth-order valence-corrected chi connectivity index (χ4v) is 3.08. The van der Waals surface area contributed by atoms with E-state index in [1.165, 1.54) is 19.3 Å². The highest BCUT2D eigenvalue weighted by molar-refractivity contribution is 5.93. The Morgan fingerprint density at radius 1 is 1.28 bits per heavy atom. The van der Waals surface area contributed by atoms with Crippen molar-refractivity contribution in [2.75, 3.05) is 18.4 Å². The molecule has 0 radical (unpaired) electrons. The van der Waals surface area contributed by atoms with Crippen LogP contribution in [0.1, 0.15) is 58.6 Å². The molecule has 1 aromatic rings. The van der Waals surface area contributed by atoms with E-state index in [0.29, 0.717) is 24.0 Å². The Hall–Kier alpha value is -2.05. The summed E-state index contributed by atoms with van der Waals surface area (Å²) in [7, 11) is 0. The molecular formula is C18H30N4O3. The fourth-order valence-electron chi connectivity index (χ4n) is 3.08. The summed E-state index contributed by atoms with van der Waals surface area (Å²) in [5.41, 5.74) is -0.346. The first kappa shape index (κ1) is 19.3. The molecule has 1 aliphatic carbocycles. The molecule has 0 aliphatic heterocycles. The van der Waals surface area contributed by atoms with Crippen LogP contribution in [0.25, 0.3) is 0 Å². The minimum absolute atomic E-state index is 0.00429. The van der Waals surface area contributed by atoms with E-state index < -0.39 is 0 Å². The number of carbonyl (C=O) groups excluding carboxylic acids is 2. The molecule has 2 N–H and O–H groups in total. The number of anilines is 1. The Morgan fingerprint density at radius 3 is 2.52 bits per heavy atom. The maximum absolute atomic E-state index is 12.6. The average Bonchev–Trinajstić information content (AvgIpc) is 2.91. The molecule has 140 valence electrons. The largest absolute Gasteiger partial charge is 0.360 e. The monoisotopic (exact) mass is 350 g/mol. The molecular weight excluding hydrogens is 320 g/mol. The van der Waals surface area contributed by atoms with Crippen LogP contribution in [0, 0.1) is 12.8 Å². The minimum atomic E-state index is -0.346. The van der Waals surface area contributed by atoms with Gasteiger partial charge in [0.2, 0.25) is 5.91 Å². The highest BCUT2D eigenvalue weighted by atomic mass is 16.5. The first-order valence-corrected chi connectivity index (χ1v) is 9.03. The second kappa shape index (κ2) is 8.36. The maximum atomic E-state index is 12.6. The van der Waals surface area contributed by atoms with Gasteiger partial charge in [-0.3, -0.25) is 4.79 Å². The van der Waals surface area contributed by atoms with Crippen molar-refractivity contribution in [3.05, 3.63) is 11.8 Å². The lowest BCUT2D eigenvalue weighted by Crippen LogP contribution is -2.51. The van der Waals surface area contributed by atoms with E-state index in [9.17, 15) is 9.59 Å². The van der Waals surface area contributed by atoms with Gasteiger partial charge in [0.05, 0.1) is 0 Å². The third kappa shape index (κ3) is 6.76. The van der Waals surface area contributed by atoms with Crippen molar-refractivity contribution >= 4 is 17.8 Å². The number of hydrogen-bond donors (Lipinski definition) is 2. The van der Waals surface area contributed by atoms with Gasteiger partial charge < -0.3 is 20.1 Å². The number of urea groups is 1. The zero-order valence-corrected chi connectivity index (χ0v) is 15.7. The number of aromatic nitrogens is 1. The first-order chi connectivity index (χ1) is 11.7. The number of hydrogen-bond acceptors (Lipinski definition) is 4. The van der Waals surface area contributed by atoms with Gasteiger partial charge in [0.25, 0.3) is 0 Å². The second-order valence-electron chi connectivity index (χ2n) is 7.94. The zero-order chi connectivity index (χ0) is 18.4. The molecule has 0 saturated heterocycles. The van der Waals surface area contributed by atoms with Gasteiger partial charge in [-0.1, -0.05) is 24.4 Å². The molecule has 0 atom stereocenters. The first-order valence-electron chi connectivity index (χ1n) is 9.03. The Morgan fingerprint density at radius 2 is 1.96 bits per heavy atom. The van der Waals surface area contributed by atoms with E-state index >= 15 is 0 Å². The standard InChI is InChI=1S/C18H30N4O3/c1-13-10-15(21-25-13)19-16(23)12-22(17(24)20-18(2,3)4)11-14-8-6-5-7-9-14/h10,14H,5-9,11-12H2,1-4H3,(H,20,24)(H,19,21,23). The average molecular weight is 350 g/mol. The van der Waals surface area contributed by atoms with Crippen LogP contribution in [0.3, 0.4) is 0 Å². The molecule has 1 aliphatic rings. The molecule has 7 nitrogen and oxygen atoms in total. The predicted molar refractivity (Wildman–Crippen MR) is 96.3 cm³/mol. The quantitative estimate of drug-likeness (QED) is 0.853. The molecule has 1 fully saturated rings. The number of aryl methyl sites for hydroxylation is 1. The molecule has 25 heavy (non-hydrogen) atoms. The second-order valence-corrected chi connectivity index (χ2v) is 7.94. The highest BCUT2D eigenvalue weighted by Gasteiger charge is 2.25. The van der Waals surface area contributed by atoms with E-state index in [0.717, 1.165) is 12.8 Å². The van der Waals surface area contributed by atoms with Crippen LogP contribution in [-0.4, -0.2) is 40.6 Å². The summed E-state index contributed by atoms with van der Waals surface area (Å²) < 4.78 is 4.95. The van der Waals surface area contributed by atoms with Gasteiger partial charge in [-0.15, -0.1) is 0 Å². The van der Waals surface area contributed by atoms with Crippen molar-refractivity contribution in [2.45, 2.75) is 65.3 Å². The maximum Gasteiger partial charge on any atom is 0.318 e. The normalized spacial score (nSPS) is 15.7. The minimum Gasteiger partial charge on any atom is -0.360 e. The van der Waals surface area contributed by atoms with Crippen LogP contribution >= 0.6 is 0 Å². The van der Waals surface area contributed by atoms with Crippen LogP contribution in [0.5, 0.6) is 0 Å². The van der Waals surface area contributed by atoms with Gasteiger partial charge >= 0.3 is 6.03 Å². The zero-order valence-electron chi connectivity index (χ0n) is 15.7. The number of carbonyl (C=O) groups is 2. The van der Waals surface area contributed by atoms with E-state index in [4.69, 9.17) is 4.52 Å². The summed E-state index contributed by atoms with van der Waals surface area (Å²) in [6, 6.07) is 1.45. The molecule has 1 heterocycles. The van der Waals surface area contributed by atoms with Crippen LogP contribution in [0.4, 0.5) is 10.6 Å². The van der Waals surface area contributed by atoms with Crippen molar-refractivity contribution < 1.29 is 14.1 Å². The molecule has 1 saturated carbocycles. The van der Waals surface area contributed by atoms with Gasteiger partial charge in [0, 0.05) is 18.2 Å². The Kier molecular flexibility index (Phi) is 6.45. The van der Waals surface area contributed by atoms with Crippen molar-refractivity contribution in [2.24, 2.45) is 5.92 Å². The molecule has 0 unspecified atom stereocenters. The third-order valence-electron chi connectivity index (χ3n) is 4.20. The number of nitrogens with zero attached hydrogens (tertiary/aromatic N) is 2. The van der Waals surface area contributed by atoms with Gasteiger partial charge in [0.15, 0.2) is 5.82 Å². The summed E-state index contributed by atoms with van der Waals surface area (Å²) >= 11 is 0. The molecule has 1 aromatic heterocycles. The van der Waals surface area contributed by atoms with Gasteiger partial charge in [-0.05, 0) is 46.5 Å². The summed E-state index contributed by atoms with van der Waals surface area (Å²) in [4.78, 5) is 26.6. The van der Waals surface area contributed by atoms with Crippen molar-refractivity contribution in [3.8, 4) is 0 Å². The van der Waals surface area contributed by atoms with E-state index in [1.54, 1.807) is 17.9 Å². The van der Waals surface area contributed by atoms with Crippen LogP contribution in [0.15, 0.2) is 10.6 Å². The Labute approximate surface area is 149 Å². The fraction of sp³-hybridized carbons (Fsp3) is 0.722. The third-order valence-corrected chi connectivity index (χ3v) is 4.20. The van der Waals surface area contributed by atoms with E-state index in [1.807, 2.05) is 20.8 Å². The lowest BCUT2D eigenvalue weighted by Gasteiger charge is -2.32. The number of rotatable bonds is 5. The van der Waals surface area contributed by atoms with E-state index in [2.05, 4.69) is 15.8 Å². The SMILES string of the molecule is Cc1cc(NC(=O)CN(CC2CCCCC2)C(=O)NC(C)(C)C)no1. The summed E-state index contributed by atoms with van der Waals surface area (Å²) in [6.45, 7) is 8.16. The van der Waals surface area contributed by atoms with Crippen LogP contribution in [-0.2, 0) is 4.79 Å². The summed E-state index contributed by atoms with van der Waals surface area (Å²) in [5, 5.41) is 9.39. The van der Waals surface area contributed by atoms with E-state index in [-0.39, 0.29) is 24.0 Å². The topological polar surface area (TPSA) is 87.5 Å². The smallest absolute Gasteiger partial charge is 0.318 e. The molecule has 0 bridgehead atoms. The molecule has 2 rings (SSSR count).